The van der Waals surface area contributed by atoms with Gasteiger partial charge in [-0.1, -0.05) is 0 Å². The number of rotatable bonds is 9. The van der Waals surface area contributed by atoms with E-state index in [1.54, 1.807) is 83.1 Å². The number of alkyl halides is 12. The zero-order chi connectivity index (χ0) is 68.6. The Morgan fingerprint density at radius 1 is 0.298 bits per heavy atom. The SMILES string of the molecule is CC(=N\N)/C(C)=N/N=C(C)/C(C)=N/N.CC(=N\N)/C(C)=N/N=C(C)/C(C)=N/N.CC(=N\N)/C(C)=N/N=C(C)/C(C)=N/N.C[N+](=O)[O-].C[N+](=O)[O-].O=S(=O)([O-])C(F)(F)F.O=S(=O)([O-])C(F)(F)F.O=S(=O)([O-])C(F)(F)F.O=S(=O)([O-])C(F)(F)F.[Co+2].[Co+2]. The van der Waals surface area contributed by atoms with Gasteiger partial charge in [0.15, 0.2) is 54.6 Å². The van der Waals surface area contributed by atoms with Gasteiger partial charge in [-0.3, -0.25) is 20.2 Å². The van der Waals surface area contributed by atoms with Gasteiger partial charge in [0.25, 0.3) is 0 Å². The molecule has 12 N–H and O–H groups in total. The Balaban J connectivity index is -0.0000000812. The summed E-state index contributed by atoms with van der Waals surface area (Å²) >= 11 is 0. The average Bonchev–Trinajstić information content (AvgIpc) is 3.30. The molecule has 84 heavy (non-hydrogen) atoms. The Hall–Kier alpha value is -6.55. The van der Waals surface area contributed by atoms with E-state index in [2.05, 4.69) is 61.2 Å². The zero-order valence-corrected chi connectivity index (χ0v) is 50.4. The van der Waals surface area contributed by atoms with Crippen molar-refractivity contribution in [3.8, 4) is 0 Å². The van der Waals surface area contributed by atoms with Gasteiger partial charge < -0.3 is 53.3 Å². The van der Waals surface area contributed by atoms with Crippen LogP contribution in [0.1, 0.15) is 83.1 Å². The molecule has 54 heteroatoms. The average molecular weight is 1420 g/mol. The van der Waals surface area contributed by atoms with Crippen molar-refractivity contribution in [3.63, 3.8) is 0 Å². The molecule has 0 aliphatic rings. The molecule has 0 bridgehead atoms. The second kappa shape index (κ2) is 47.8. The maximum Gasteiger partial charge on any atom is 2.00 e. The van der Waals surface area contributed by atoms with Crippen molar-refractivity contribution < 1.29 is 148 Å². The van der Waals surface area contributed by atoms with Crippen LogP contribution in [0.3, 0.4) is 0 Å². The van der Waals surface area contributed by atoms with Gasteiger partial charge >= 0.3 is 55.6 Å². The first-order valence-corrected chi connectivity index (χ1v) is 24.7. The van der Waals surface area contributed by atoms with E-state index in [9.17, 15) is 52.7 Å². The van der Waals surface area contributed by atoms with Gasteiger partial charge in [0.1, 0.15) is 0 Å². The first kappa shape index (κ1) is 103. The van der Waals surface area contributed by atoms with Crippen LogP contribution in [0.5, 0.6) is 0 Å². The predicted octanol–water partition coefficient (Wildman–Crippen LogP) is 1.46. The van der Waals surface area contributed by atoms with Gasteiger partial charge in [-0.05, 0) is 83.1 Å². The van der Waals surface area contributed by atoms with Gasteiger partial charge in [-0.2, -0.15) is 114 Å². The van der Waals surface area contributed by atoms with Crippen molar-refractivity contribution in [1.82, 2.24) is 0 Å². The van der Waals surface area contributed by atoms with Crippen molar-refractivity contribution in [2.24, 2.45) is 96.3 Å². The molecule has 0 amide bonds. The quantitative estimate of drug-likeness (QED) is 0.0362. The number of nitro groups is 2. The molecule has 0 fully saturated rings. The predicted molar refractivity (Wildman–Crippen MR) is 271 cm³/mol. The second-order valence-corrected chi connectivity index (χ2v) is 18.4. The Morgan fingerprint density at radius 2 is 0.357 bits per heavy atom. The van der Waals surface area contributed by atoms with Crippen LogP contribution in [0.15, 0.2) is 61.2 Å². The normalized spacial score (nSPS) is 13.9. The third kappa shape index (κ3) is 64.6. The van der Waals surface area contributed by atoms with Crippen LogP contribution in [0.25, 0.3) is 0 Å². The van der Waals surface area contributed by atoms with Gasteiger partial charge in [-0.25, -0.2) is 33.7 Å². The van der Waals surface area contributed by atoms with E-state index < -0.39 is 72.4 Å². The number of halogens is 12. The van der Waals surface area contributed by atoms with E-state index in [1.165, 1.54) is 0 Å². The first-order chi connectivity index (χ1) is 36.0. The molecule has 0 saturated carbocycles. The molecule has 0 aliphatic heterocycles. The molecule has 0 aromatic rings. The molecule has 2 radical (unpaired) electrons. The Morgan fingerprint density at radius 3 is 0.393 bits per heavy atom. The molecule has 0 heterocycles. The van der Waals surface area contributed by atoms with E-state index in [0.717, 1.165) is 14.1 Å². The third-order valence-corrected chi connectivity index (χ3v) is 8.76. The van der Waals surface area contributed by atoms with Crippen molar-refractivity contribution in [1.29, 1.82) is 0 Å². The van der Waals surface area contributed by atoms with Crippen LogP contribution < -0.4 is 35.1 Å². The maximum atomic E-state index is 10.7. The van der Waals surface area contributed by atoms with Gasteiger partial charge in [0.2, 0.25) is 0 Å². The van der Waals surface area contributed by atoms with E-state index in [0.29, 0.717) is 68.5 Å². The fraction of sp³-hybridized carbons (Fsp3) is 0.600. The Kier molecular flexibility index (Phi) is 58.3. The summed E-state index contributed by atoms with van der Waals surface area (Å²) in [7, 11) is -22.6. The summed E-state index contributed by atoms with van der Waals surface area (Å²) in [4.78, 5) is 16.6. The van der Waals surface area contributed by atoms with Crippen molar-refractivity contribution in [3.05, 3.63) is 20.2 Å². The summed E-state index contributed by atoms with van der Waals surface area (Å²) in [5, 5.41) is 62.1. The second-order valence-electron chi connectivity index (χ2n) is 12.9. The molecule has 0 aliphatic carbocycles. The summed E-state index contributed by atoms with van der Waals surface area (Å²) in [6.45, 7) is 21.2. The summed E-state index contributed by atoms with van der Waals surface area (Å²) < 4.78 is 236. The van der Waals surface area contributed by atoms with Crippen LogP contribution in [0.2, 0.25) is 0 Å². The summed E-state index contributed by atoms with van der Waals surface area (Å²) in [5.74, 6) is 30.5. The summed E-state index contributed by atoms with van der Waals surface area (Å²) in [6, 6.07) is 0. The van der Waals surface area contributed by atoms with Gasteiger partial charge in [0, 0.05) is 9.85 Å². The molecule has 0 unspecified atom stereocenters. The van der Waals surface area contributed by atoms with E-state index in [-0.39, 0.29) is 33.6 Å². The van der Waals surface area contributed by atoms with Gasteiger partial charge in [-0.15, -0.1) is 0 Å². The summed E-state index contributed by atoms with van der Waals surface area (Å²) in [5.41, 5.74) is -14.7. The van der Waals surface area contributed by atoms with Crippen molar-refractivity contribution >= 4 is 109 Å². The van der Waals surface area contributed by atoms with E-state index >= 15 is 0 Å². The molecule has 36 nitrogen and oxygen atoms in total. The topological polar surface area (TPSA) is 620 Å². The molecule has 496 valence electrons. The minimum absolute atomic E-state index is 0. The number of nitrogens with two attached hydrogens (primary N) is 6. The number of hydrazone groups is 6. The van der Waals surface area contributed by atoms with Crippen molar-refractivity contribution in [2.45, 2.75) is 105 Å². The minimum atomic E-state index is -6.09. The van der Waals surface area contributed by atoms with Crippen LogP contribution in [-0.4, -0.2) is 166 Å². The molecule has 0 aromatic carbocycles. The molecule has 0 saturated heterocycles. The molecular formula is C30H54Co2F12N20O16S4. The van der Waals surface area contributed by atoms with Gasteiger partial charge in [0.05, 0.1) is 68.5 Å². The van der Waals surface area contributed by atoms with Crippen LogP contribution in [0, 0.1) is 20.2 Å². The fourth-order valence-corrected chi connectivity index (χ4v) is 1.44. The zero-order valence-electron chi connectivity index (χ0n) is 45.1. The molecule has 0 aromatic heterocycles. The van der Waals surface area contributed by atoms with Crippen LogP contribution in [0.4, 0.5) is 52.7 Å². The number of hydrogen-bond acceptors (Lipinski definition) is 34. The standard InChI is InChI=1S/3C8H16N6.4CHF3O3S.2CH3NO2.2Co/c3*1-5(11-9)7(3)13-14-8(4)6(2)12-10;4*2-1(3,4)8(5,6)7;2*1-2(3)4;;/h3*9-10H2,1-4H3;4*(H,5,6,7);2*1H3;;/q;;;;;;;;;2*+2/p-4/b3*11-5+,12-6+,13-7+,14-8+;;;;;;;;. The Labute approximate surface area is 490 Å². The third-order valence-electron chi connectivity index (χ3n) is 6.49. The van der Waals surface area contributed by atoms with Crippen molar-refractivity contribution in [2.75, 3.05) is 14.1 Å². The number of nitrogens with zero attached hydrogens (tertiary/aromatic N) is 14. The minimum Gasteiger partial charge on any atom is -0.741 e. The van der Waals surface area contributed by atoms with Crippen LogP contribution >= 0.6 is 0 Å². The molecular weight excluding hydrogens is 1370 g/mol. The number of hydrogen-bond donors (Lipinski definition) is 6. The van der Waals surface area contributed by atoms with E-state index in [4.69, 9.17) is 107 Å². The molecule has 0 atom stereocenters. The maximum absolute atomic E-state index is 10.7. The largest absolute Gasteiger partial charge is 2.00 e. The smallest absolute Gasteiger partial charge is 0.741 e. The molecule has 0 spiro atoms. The van der Waals surface area contributed by atoms with Crippen LogP contribution in [-0.2, 0) is 74.0 Å². The Bertz CT molecular complexity index is 2440. The van der Waals surface area contributed by atoms with E-state index in [1.807, 2.05) is 0 Å². The summed E-state index contributed by atoms with van der Waals surface area (Å²) in [6.07, 6.45) is 0. The monoisotopic (exact) mass is 1420 g/mol. The first-order valence-electron chi connectivity index (χ1n) is 19.0. The fourth-order valence-electron chi connectivity index (χ4n) is 1.44. The molecule has 0 rings (SSSR count).